The first-order chi connectivity index (χ1) is 10.9. The second kappa shape index (κ2) is 6.40. The van der Waals surface area contributed by atoms with E-state index in [4.69, 9.17) is 9.47 Å². The van der Waals surface area contributed by atoms with Gasteiger partial charge in [-0.3, -0.25) is 0 Å². The summed E-state index contributed by atoms with van der Waals surface area (Å²) in [4.78, 5) is 11.8. The molecule has 0 saturated heterocycles. The maximum atomic E-state index is 11.8. The van der Waals surface area contributed by atoms with Crippen molar-refractivity contribution in [2.24, 2.45) is 0 Å². The Bertz CT molecular complexity index is 562. The second-order valence-corrected chi connectivity index (χ2v) is 7.41. The van der Waals surface area contributed by atoms with Gasteiger partial charge in [-0.2, -0.15) is 0 Å². The van der Waals surface area contributed by atoms with Crippen LogP contribution in [0.1, 0.15) is 51.6 Å². The maximum Gasteiger partial charge on any atom is 0.407 e. The van der Waals surface area contributed by atoms with Gasteiger partial charge in [-0.05, 0) is 39.7 Å². The van der Waals surface area contributed by atoms with Crippen molar-refractivity contribution in [2.75, 3.05) is 6.61 Å². The number of amides is 1. The van der Waals surface area contributed by atoms with Crippen molar-refractivity contribution < 1.29 is 14.3 Å². The van der Waals surface area contributed by atoms with Gasteiger partial charge in [0.25, 0.3) is 0 Å². The Kier molecular flexibility index (Phi) is 4.48. The highest BCUT2D eigenvalue weighted by Gasteiger charge is 2.34. The van der Waals surface area contributed by atoms with Gasteiger partial charge in [-0.1, -0.05) is 18.2 Å². The largest absolute Gasteiger partial charge is 0.493 e. The van der Waals surface area contributed by atoms with Crippen molar-refractivity contribution in [3.63, 3.8) is 0 Å². The molecule has 0 aromatic heterocycles. The normalized spacial score (nSPS) is 26.5. The van der Waals surface area contributed by atoms with Crippen LogP contribution in [0, 0.1) is 0 Å². The summed E-state index contributed by atoms with van der Waals surface area (Å²) >= 11 is 0. The minimum atomic E-state index is -0.447. The van der Waals surface area contributed by atoms with E-state index in [1.54, 1.807) is 0 Å². The fourth-order valence-corrected chi connectivity index (χ4v) is 3.15. The molecule has 1 amide bonds. The standard InChI is InChI=1S/C18H26N2O3/c1-18(2,3)23-17(21)20-13-10-12(11-13)19-15-8-9-22-16-7-5-4-6-14(15)16/h4-7,12-13,15,19H,8-11H2,1-3H3,(H,20,21). The summed E-state index contributed by atoms with van der Waals surface area (Å²) in [5.41, 5.74) is 0.791. The summed E-state index contributed by atoms with van der Waals surface area (Å²) < 4.78 is 11.0. The molecule has 2 N–H and O–H groups in total. The number of fused-ring (bicyclic) bond motifs is 1. The van der Waals surface area contributed by atoms with Crippen LogP contribution in [0.3, 0.4) is 0 Å². The average molecular weight is 318 g/mol. The van der Waals surface area contributed by atoms with E-state index in [9.17, 15) is 4.79 Å². The average Bonchev–Trinajstić information content (AvgIpc) is 2.43. The number of nitrogens with one attached hydrogen (secondary N) is 2. The monoisotopic (exact) mass is 318 g/mol. The highest BCUT2D eigenvalue weighted by Crippen LogP contribution is 2.33. The molecule has 1 fully saturated rings. The quantitative estimate of drug-likeness (QED) is 0.899. The third-order valence-electron chi connectivity index (χ3n) is 4.25. The predicted octanol–water partition coefficient (Wildman–Crippen LogP) is 3.16. The van der Waals surface area contributed by atoms with Crippen LogP contribution in [-0.4, -0.2) is 30.4 Å². The van der Waals surface area contributed by atoms with Crippen LogP contribution in [-0.2, 0) is 4.74 Å². The van der Waals surface area contributed by atoms with Gasteiger partial charge in [0, 0.05) is 30.1 Å². The zero-order chi connectivity index (χ0) is 16.4. The van der Waals surface area contributed by atoms with Gasteiger partial charge in [-0.25, -0.2) is 4.79 Å². The van der Waals surface area contributed by atoms with E-state index in [0.29, 0.717) is 12.1 Å². The first-order valence-corrected chi connectivity index (χ1v) is 8.38. The maximum absolute atomic E-state index is 11.8. The fraction of sp³-hybridized carbons (Fsp3) is 0.611. The molecular weight excluding hydrogens is 292 g/mol. The van der Waals surface area contributed by atoms with Gasteiger partial charge < -0.3 is 20.1 Å². The molecule has 5 nitrogen and oxygen atoms in total. The van der Waals surface area contributed by atoms with Gasteiger partial charge >= 0.3 is 6.09 Å². The Balaban J connectivity index is 1.45. The number of carbonyl (C=O) groups is 1. The van der Waals surface area contributed by atoms with E-state index in [1.807, 2.05) is 32.9 Å². The van der Waals surface area contributed by atoms with Crippen LogP contribution < -0.4 is 15.4 Å². The number of benzene rings is 1. The van der Waals surface area contributed by atoms with E-state index < -0.39 is 5.60 Å². The van der Waals surface area contributed by atoms with E-state index in [-0.39, 0.29) is 12.1 Å². The topological polar surface area (TPSA) is 59.6 Å². The summed E-state index contributed by atoms with van der Waals surface area (Å²) in [7, 11) is 0. The molecule has 1 aromatic carbocycles. The zero-order valence-electron chi connectivity index (χ0n) is 14.1. The molecule has 0 radical (unpaired) electrons. The van der Waals surface area contributed by atoms with E-state index in [0.717, 1.165) is 31.6 Å². The summed E-state index contributed by atoms with van der Waals surface area (Å²) in [5.74, 6) is 0.985. The number of para-hydroxylation sites is 1. The Hall–Kier alpha value is -1.75. The predicted molar refractivity (Wildman–Crippen MR) is 88.6 cm³/mol. The number of hydrogen-bond donors (Lipinski definition) is 2. The molecule has 1 unspecified atom stereocenters. The highest BCUT2D eigenvalue weighted by molar-refractivity contribution is 5.68. The SMILES string of the molecule is CC(C)(C)OC(=O)NC1CC(NC2CCOc3ccccc32)C1. The lowest BCUT2D eigenvalue weighted by Crippen LogP contribution is -2.54. The van der Waals surface area contributed by atoms with Crippen LogP contribution in [0.25, 0.3) is 0 Å². The number of carbonyl (C=O) groups excluding carboxylic acids is 1. The lowest BCUT2D eigenvalue weighted by atomic mass is 9.85. The molecule has 5 heteroatoms. The molecule has 2 aliphatic rings. The lowest BCUT2D eigenvalue weighted by molar-refractivity contribution is 0.0461. The van der Waals surface area contributed by atoms with Crippen LogP contribution in [0.4, 0.5) is 4.79 Å². The zero-order valence-corrected chi connectivity index (χ0v) is 14.1. The molecular formula is C18H26N2O3. The van der Waals surface area contributed by atoms with Gasteiger partial charge in [0.05, 0.1) is 6.61 Å². The van der Waals surface area contributed by atoms with Crippen LogP contribution in [0.5, 0.6) is 5.75 Å². The molecule has 1 heterocycles. The van der Waals surface area contributed by atoms with E-state index in [2.05, 4.69) is 22.8 Å². The van der Waals surface area contributed by atoms with Crippen molar-refractivity contribution in [2.45, 2.75) is 63.8 Å². The molecule has 0 spiro atoms. The van der Waals surface area contributed by atoms with Crippen LogP contribution >= 0.6 is 0 Å². The number of rotatable bonds is 3. The number of alkyl carbamates (subject to hydrolysis) is 1. The van der Waals surface area contributed by atoms with E-state index >= 15 is 0 Å². The molecule has 1 aliphatic heterocycles. The van der Waals surface area contributed by atoms with Crippen LogP contribution in [0.15, 0.2) is 24.3 Å². The van der Waals surface area contributed by atoms with Crippen molar-refractivity contribution in [1.82, 2.24) is 10.6 Å². The number of hydrogen-bond acceptors (Lipinski definition) is 4. The summed E-state index contributed by atoms with van der Waals surface area (Å²) in [6.07, 6.45) is 2.55. The van der Waals surface area contributed by atoms with Gasteiger partial charge in [0.15, 0.2) is 0 Å². The number of ether oxygens (including phenoxy) is 2. The fourth-order valence-electron chi connectivity index (χ4n) is 3.15. The Morgan fingerprint density at radius 1 is 1.22 bits per heavy atom. The molecule has 126 valence electrons. The summed E-state index contributed by atoms with van der Waals surface area (Å²) in [6.45, 7) is 6.38. The van der Waals surface area contributed by atoms with E-state index in [1.165, 1.54) is 5.56 Å². The smallest absolute Gasteiger partial charge is 0.407 e. The van der Waals surface area contributed by atoms with Crippen molar-refractivity contribution >= 4 is 6.09 Å². The van der Waals surface area contributed by atoms with Gasteiger partial charge in [0.1, 0.15) is 11.4 Å². The second-order valence-electron chi connectivity index (χ2n) is 7.41. The molecule has 0 bridgehead atoms. The molecule has 1 saturated carbocycles. The Labute approximate surface area is 137 Å². The first-order valence-electron chi connectivity index (χ1n) is 8.38. The van der Waals surface area contributed by atoms with Crippen molar-refractivity contribution in [1.29, 1.82) is 0 Å². The van der Waals surface area contributed by atoms with Crippen molar-refractivity contribution in [3.8, 4) is 5.75 Å². The third-order valence-corrected chi connectivity index (χ3v) is 4.25. The van der Waals surface area contributed by atoms with Gasteiger partial charge in [0.2, 0.25) is 0 Å². The molecule has 3 rings (SSSR count). The minimum Gasteiger partial charge on any atom is -0.493 e. The molecule has 1 atom stereocenters. The van der Waals surface area contributed by atoms with Crippen LogP contribution in [0.2, 0.25) is 0 Å². The van der Waals surface area contributed by atoms with Gasteiger partial charge in [-0.15, -0.1) is 0 Å². The first kappa shape index (κ1) is 16.1. The highest BCUT2D eigenvalue weighted by atomic mass is 16.6. The molecule has 23 heavy (non-hydrogen) atoms. The van der Waals surface area contributed by atoms with Crippen molar-refractivity contribution in [3.05, 3.63) is 29.8 Å². The Morgan fingerprint density at radius 3 is 2.70 bits per heavy atom. The summed E-state index contributed by atoms with van der Waals surface area (Å²) in [6, 6.07) is 9.19. The summed E-state index contributed by atoms with van der Waals surface area (Å²) in [5, 5.41) is 6.62. The molecule has 1 aromatic rings. The third kappa shape index (κ3) is 4.16. The lowest BCUT2D eigenvalue weighted by Gasteiger charge is -2.40. The molecule has 1 aliphatic carbocycles. The Morgan fingerprint density at radius 2 is 1.96 bits per heavy atom. The minimum absolute atomic E-state index is 0.206.